The first-order valence-corrected chi connectivity index (χ1v) is 6.76. The van der Waals surface area contributed by atoms with Crippen molar-refractivity contribution in [2.45, 2.75) is 13.3 Å². The maximum atomic E-state index is 11.0. The minimum absolute atomic E-state index is 0.257. The summed E-state index contributed by atoms with van der Waals surface area (Å²) >= 11 is 0. The number of esters is 1. The van der Waals surface area contributed by atoms with Crippen molar-refractivity contribution in [3.8, 4) is 0 Å². The fourth-order valence-corrected chi connectivity index (χ4v) is 2.22. The van der Waals surface area contributed by atoms with Crippen molar-refractivity contribution in [3.63, 3.8) is 0 Å². The van der Waals surface area contributed by atoms with E-state index in [2.05, 4.69) is 6.58 Å². The Labute approximate surface area is 103 Å². The fourth-order valence-electron chi connectivity index (χ4n) is 0.971. The minimum atomic E-state index is -2.97. The molecule has 0 heterocycles. The number of carbonyl (C=O) groups excluding carboxylic acids is 1. The standard InChI is InChI=1S/C10H20O6Si/c1-9(2)10(11)15-7-6-8-16-17(12-3,13-4)14-5/h1,6-8H2,2-5H3. The van der Waals surface area contributed by atoms with E-state index in [1.807, 2.05) is 0 Å². The second kappa shape index (κ2) is 8.37. The van der Waals surface area contributed by atoms with Crippen LogP contribution >= 0.6 is 0 Å². The SMILES string of the molecule is C=C(C)C(=O)OCCCO[Si](OC)(OC)OC. The van der Waals surface area contributed by atoms with Gasteiger partial charge in [-0.1, -0.05) is 6.58 Å². The number of carbonyl (C=O) groups is 1. The van der Waals surface area contributed by atoms with Crippen LogP contribution in [0.2, 0.25) is 0 Å². The Morgan fingerprint density at radius 1 is 1.12 bits per heavy atom. The Hall–Kier alpha value is -0.733. The van der Waals surface area contributed by atoms with E-state index < -0.39 is 15.0 Å². The van der Waals surface area contributed by atoms with E-state index in [0.717, 1.165) is 0 Å². The van der Waals surface area contributed by atoms with Crippen LogP contribution in [0.4, 0.5) is 0 Å². The van der Waals surface area contributed by atoms with Crippen molar-refractivity contribution in [2.24, 2.45) is 0 Å². The molecule has 0 bridgehead atoms. The maximum Gasteiger partial charge on any atom is 0.678 e. The molecule has 0 aliphatic rings. The predicted octanol–water partition coefficient (Wildman–Crippen LogP) is 0.887. The van der Waals surface area contributed by atoms with Crippen molar-refractivity contribution >= 4 is 15.0 Å². The van der Waals surface area contributed by atoms with E-state index >= 15 is 0 Å². The summed E-state index contributed by atoms with van der Waals surface area (Å²) in [6, 6.07) is 0. The van der Waals surface area contributed by atoms with E-state index in [-0.39, 0.29) is 6.61 Å². The molecule has 7 heteroatoms. The highest BCUT2D eigenvalue weighted by molar-refractivity contribution is 6.53. The molecule has 100 valence electrons. The van der Waals surface area contributed by atoms with Crippen LogP contribution in [0.5, 0.6) is 0 Å². The Balaban J connectivity index is 3.76. The van der Waals surface area contributed by atoms with E-state index in [1.165, 1.54) is 21.3 Å². The summed E-state index contributed by atoms with van der Waals surface area (Å²) in [6.07, 6.45) is 0.532. The minimum Gasteiger partial charge on any atom is -0.462 e. The van der Waals surface area contributed by atoms with Crippen LogP contribution < -0.4 is 0 Å². The first-order valence-electron chi connectivity index (χ1n) is 5.13. The summed E-state index contributed by atoms with van der Waals surface area (Å²) in [7, 11) is 1.40. The van der Waals surface area contributed by atoms with Gasteiger partial charge in [0.25, 0.3) is 0 Å². The highest BCUT2D eigenvalue weighted by atomic mass is 28.4. The van der Waals surface area contributed by atoms with Gasteiger partial charge >= 0.3 is 15.0 Å². The van der Waals surface area contributed by atoms with Gasteiger partial charge in [0.05, 0.1) is 6.61 Å². The normalized spacial score (nSPS) is 11.3. The van der Waals surface area contributed by atoms with Crippen LogP contribution in [0.15, 0.2) is 12.2 Å². The average molecular weight is 264 g/mol. The lowest BCUT2D eigenvalue weighted by atomic mass is 10.4. The van der Waals surface area contributed by atoms with Gasteiger partial charge in [0.1, 0.15) is 0 Å². The summed E-state index contributed by atoms with van der Waals surface area (Å²) in [5.74, 6) is -0.404. The molecule has 0 atom stereocenters. The molecule has 0 fully saturated rings. The van der Waals surface area contributed by atoms with Crippen molar-refractivity contribution in [1.82, 2.24) is 0 Å². The van der Waals surface area contributed by atoms with Crippen LogP contribution in [-0.2, 0) is 27.2 Å². The van der Waals surface area contributed by atoms with Crippen LogP contribution in [0.1, 0.15) is 13.3 Å². The first-order chi connectivity index (χ1) is 8.01. The second-order valence-corrected chi connectivity index (χ2v) is 5.74. The van der Waals surface area contributed by atoms with Crippen LogP contribution in [0.3, 0.4) is 0 Å². The Kier molecular flexibility index (Phi) is 8.01. The monoisotopic (exact) mass is 264 g/mol. The molecule has 0 aromatic carbocycles. The van der Waals surface area contributed by atoms with Gasteiger partial charge in [-0.2, -0.15) is 0 Å². The van der Waals surface area contributed by atoms with Crippen LogP contribution in [0, 0.1) is 0 Å². The first kappa shape index (κ1) is 16.3. The van der Waals surface area contributed by atoms with E-state index in [9.17, 15) is 4.79 Å². The maximum absolute atomic E-state index is 11.0. The molecule has 17 heavy (non-hydrogen) atoms. The van der Waals surface area contributed by atoms with Gasteiger partial charge in [0, 0.05) is 39.9 Å². The summed E-state index contributed by atoms with van der Waals surface area (Å²) in [5, 5.41) is 0. The molecule has 0 aromatic rings. The number of ether oxygens (including phenoxy) is 1. The van der Waals surface area contributed by atoms with Crippen molar-refractivity contribution in [3.05, 3.63) is 12.2 Å². The average Bonchev–Trinajstić information content (AvgIpc) is 2.34. The molecule has 0 spiro atoms. The largest absolute Gasteiger partial charge is 0.678 e. The molecule has 0 unspecified atom stereocenters. The van der Waals surface area contributed by atoms with Crippen molar-refractivity contribution < 1.29 is 27.2 Å². The van der Waals surface area contributed by atoms with Gasteiger partial charge in [-0.3, -0.25) is 0 Å². The van der Waals surface area contributed by atoms with Gasteiger partial charge in [-0.15, -0.1) is 0 Å². The molecule has 0 aliphatic carbocycles. The van der Waals surface area contributed by atoms with Crippen molar-refractivity contribution in [2.75, 3.05) is 34.5 Å². The highest BCUT2D eigenvalue weighted by Gasteiger charge is 2.41. The lowest BCUT2D eigenvalue weighted by molar-refractivity contribution is -0.139. The van der Waals surface area contributed by atoms with Gasteiger partial charge in [-0.05, 0) is 6.92 Å². The molecule has 0 aromatic heterocycles. The third-order valence-corrected chi connectivity index (χ3v) is 3.96. The van der Waals surface area contributed by atoms with Crippen LogP contribution in [-0.4, -0.2) is 49.6 Å². The molecular formula is C10H20O6Si. The van der Waals surface area contributed by atoms with Gasteiger partial charge < -0.3 is 22.4 Å². The molecule has 0 saturated carbocycles. The number of hydrogen-bond donors (Lipinski definition) is 0. The number of hydrogen-bond acceptors (Lipinski definition) is 6. The van der Waals surface area contributed by atoms with Crippen LogP contribution in [0.25, 0.3) is 0 Å². The zero-order chi connectivity index (χ0) is 13.3. The molecule has 0 aliphatic heterocycles. The molecule has 0 radical (unpaired) electrons. The van der Waals surface area contributed by atoms with E-state index in [0.29, 0.717) is 18.6 Å². The number of rotatable bonds is 9. The third kappa shape index (κ3) is 5.94. The molecule has 0 N–H and O–H groups in total. The lowest BCUT2D eigenvalue weighted by Crippen LogP contribution is -2.46. The summed E-state index contributed by atoms with van der Waals surface area (Å²) in [4.78, 5) is 11.0. The quantitative estimate of drug-likeness (QED) is 0.267. The Bertz CT molecular complexity index is 243. The molecule has 0 amide bonds. The summed E-state index contributed by atoms with van der Waals surface area (Å²) < 4.78 is 25.4. The smallest absolute Gasteiger partial charge is 0.462 e. The zero-order valence-electron chi connectivity index (χ0n) is 10.8. The molecule has 0 saturated heterocycles. The Morgan fingerprint density at radius 2 is 1.65 bits per heavy atom. The molecular weight excluding hydrogens is 244 g/mol. The Morgan fingerprint density at radius 3 is 2.06 bits per heavy atom. The highest BCUT2D eigenvalue weighted by Crippen LogP contribution is 2.08. The third-order valence-electron chi connectivity index (χ3n) is 1.90. The topological polar surface area (TPSA) is 63.2 Å². The van der Waals surface area contributed by atoms with Crippen molar-refractivity contribution in [1.29, 1.82) is 0 Å². The predicted molar refractivity (Wildman–Crippen MR) is 63.1 cm³/mol. The summed E-state index contributed by atoms with van der Waals surface area (Å²) in [5.41, 5.74) is 0.375. The van der Waals surface area contributed by atoms with Gasteiger partial charge in [-0.25, -0.2) is 4.79 Å². The van der Waals surface area contributed by atoms with E-state index in [1.54, 1.807) is 6.92 Å². The van der Waals surface area contributed by atoms with Gasteiger partial charge in [0.2, 0.25) is 0 Å². The van der Waals surface area contributed by atoms with E-state index in [4.69, 9.17) is 22.4 Å². The molecule has 6 nitrogen and oxygen atoms in total. The summed E-state index contributed by atoms with van der Waals surface area (Å²) in [6.45, 7) is 5.65. The van der Waals surface area contributed by atoms with Gasteiger partial charge in [0.15, 0.2) is 0 Å². The zero-order valence-corrected chi connectivity index (χ0v) is 11.8. The fraction of sp³-hybridized carbons (Fsp3) is 0.700. The molecule has 0 rings (SSSR count). The second-order valence-electron chi connectivity index (χ2n) is 3.23. The lowest BCUT2D eigenvalue weighted by Gasteiger charge is -2.22.